The summed E-state index contributed by atoms with van der Waals surface area (Å²) in [4.78, 5) is 11.2. The van der Waals surface area contributed by atoms with Crippen LogP contribution in [0.5, 0.6) is 0 Å². The van der Waals surface area contributed by atoms with Crippen LogP contribution in [0, 0.1) is 0 Å². The van der Waals surface area contributed by atoms with Crippen LogP contribution in [0.1, 0.15) is 17.9 Å². The minimum atomic E-state index is -3.16. The molecule has 0 bridgehead atoms. The van der Waals surface area contributed by atoms with E-state index in [0.717, 1.165) is 11.8 Å². The van der Waals surface area contributed by atoms with Gasteiger partial charge in [-0.1, -0.05) is 30.3 Å². The lowest BCUT2D eigenvalue weighted by Gasteiger charge is -2.13. The SMILES string of the molecule is CS(=O)(=O)NCCCNCC(C(=O)O)c1ccccc1. The molecule has 0 amide bonds. The summed E-state index contributed by atoms with van der Waals surface area (Å²) in [6.07, 6.45) is 1.71. The molecule has 0 saturated heterocycles. The second kappa shape index (κ2) is 7.98. The molecule has 7 heteroatoms. The molecule has 0 heterocycles. The normalized spacial score (nSPS) is 13.1. The van der Waals surface area contributed by atoms with Crippen LogP contribution >= 0.6 is 0 Å². The van der Waals surface area contributed by atoms with Crippen LogP contribution in [-0.2, 0) is 14.8 Å². The molecule has 0 fully saturated rings. The van der Waals surface area contributed by atoms with Gasteiger partial charge in [0.05, 0.1) is 12.2 Å². The van der Waals surface area contributed by atoms with Crippen LogP contribution in [0.2, 0.25) is 0 Å². The summed E-state index contributed by atoms with van der Waals surface area (Å²) < 4.78 is 24.1. The van der Waals surface area contributed by atoms with E-state index < -0.39 is 21.9 Å². The fourth-order valence-electron chi connectivity index (χ4n) is 1.75. The Kier molecular flexibility index (Phi) is 6.63. The molecule has 0 saturated carbocycles. The minimum absolute atomic E-state index is 0.318. The first-order valence-corrected chi connectivity index (χ1v) is 8.22. The summed E-state index contributed by atoms with van der Waals surface area (Å²) in [6, 6.07) is 9.02. The first-order chi connectivity index (χ1) is 9.40. The Hall–Kier alpha value is -1.44. The maximum atomic E-state index is 11.2. The molecule has 1 atom stereocenters. The number of nitrogens with one attached hydrogen (secondary N) is 2. The zero-order chi connectivity index (χ0) is 15.0. The maximum absolute atomic E-state index is 11.2. The van der Waals surface area contributed by atoms with Crippen LogP contribution in [0.3, 0.4) is 0 Å². The highest BCUT2D eigenvalue weighted by Gasteiger charge is 2.18. The van der Waals surface area contributed by atoms with E-state index >= 15 is 0 Å². The smallest absolute Gasteiger partial charge is 0.312 e. The van der Waals surface area contributed by atoms with Gasteiger partial charge in [0.25, 0.3) is 0 Å². The van der Waals surface area contributed by atoms with Crippen molar-refractivity contribution in [2.75, 3.05) is 25.9 Å². The van der Waals surface area contributed by atoms with Crippen molar-refractivity contribution in [1.29, 1.82) is 0 Å². The zero-order valence-corrected chi connectivity index (χ0v) is 12.2. The fourth-order valence-corrected chi connectivity index (χ4v) is 2.27. The van der Waals surface area contributed by atoms with Gasteiger partial charge in [-0.05, 0) is 18.5 Å². The number of rotatable bonds is 9. The van der Waals surface area contributed by atoms with E-state index in [4.69, 9.17) is 0 Å². The Morgan fingerprint density at radius 1 is 1.25 bits per heavy atom. The van der Waals surface area contributed by atoms with E-state index in [2.05, 4.69) is 10.0 Å². The van der Waals surface area contributed by atoms with E-state index in [9.17, 15) is 18.3 Å². The third-order valence-corrected chi connectivity index (χ3v) is 3.47. The largest absolute Gasteiger partial charge is 0.481 e. The van der Waals surface area contributed by atoms with Crippen molar-refractivity contribution in [3.63, 3.8) is 0 Å². The number of sulfonamides is 1. The van der Waals surface area contributed by atoms with Gasteiger partial charge >= 0.3 is 5.97 Å². The van der Waals surface area contributed by atoms with Gasteiger partial charge in [-0.15, -0.1) is 0 Å². The topological polar surface area (TPSA) is 95.5 Å². The molecule has 1 aromatic rings. The van der Waals surface area contributed by atoms with Crippen molar-refractivity contribution in [2.45, 2.75) is 12.3 Å². The highest BCUT2D eigenvalue weighted by atomic mass is 32.2. The van der Waals surface area contributed by atoms with Gasteiger partial charge in [-0.25, -0.2) is 13.1 Å². The van der Waals surface area contributed by atoms with E-state index in [1.165, 1.54) is 0 Å². The predicted octanol–water partition coefficient (Wildman–Crippen LogP) is 0.384. The molecule has 3 N–H and O–H groups in total. The van der Waals surface area contributed by atoms with Crippen molar-refractivity contribution in [3.8, 4) is 0 Å². The predicted molar refractivity (Wildman–Crippen MR) is 77.2 cm³/mol. The number of hydrogen-bond acceptors (Lipinski definition) is 4. The molecular weight excluding hydrogens is 280 g/mol. The Morgan fingerprint density at radius 2 is 1.90 bits per heavy atom. The molecule has 1 rings (SSSR count). The first kappa shape index (κ1) is 16.6. The number of benzene rings is 1. The van der Waals surface area contributed by atoms with Crippen LogP contribution in [0.25, 0.3) is 0 Å². The molecule has 0 aliphatic rings. The average Bonchev–Trinajstić information content (AvgIpc) is 2.37. The number of aliphatic carboxylic acids is 1. The molecule has 20 heavy (non-hydrogen) atoms. The molecule has 1 unspecified atom stereocenters. The Labute approximate surface area is 119 Å². The van der Waals surface area contributed by atoms with E-state index in [1.807, 2.05) is 6.07 Å². The summed E-state index contributed by atoms with van der Waals surface area (Å²) in [5.74, 6) is -1.47. The van der Waals surface area contributed by atoms with Gasteiger partial charge in [0.15, 0.2) is 0 Å². The molecule has 0 aliphatic heterocycles. The summed E-state index contributed by atoms with van der Waals surface area (Å²) in [5, 5.41) is 12.2. The lowest BCUT2D eigenvalue weighted by Crippen LogP contribution is -2.30. The van der Waals surface area contributed by atoms with Gasteiger partial charge in [0, 0.05) is 13.1 Å². The summed E-state index contributed by atoms with van der Waals surface area (Å²) >= 11 is 0. The van der Waals surface area contributed by atoms with Gasteiger partial charge in [0.1, 0.15) is 0 Å². The quantitative estimate of drug-likeness (QED) is 0.573. The van der Waals surface area contributed by atoms with Gasteiger partial charge in [0.2, 0.25) is 10.0 Å². The first-order valence-electron chi connectivity index (χ1n) is 6.33. The van der Waals surface area contributed by atoms with Crippen LogP contribution in [-0.4, -0.2) is 45.4 Å². The molecule has 0 aromatic heterocycles. The van der Waals surface area contributed by atoms with Crippen molar-refractivity contribution in [1.82, 2.24) is 10.0 Å². The van der Waals surface area contributed by atoms with Gasteiger partial charge in [-0.3, -0.25) is 4.79 Å². The average molecular weight is 300 g/mol. The lowest BCUT2D eigenvalue weighted by atomic mass is 9.99. The molecule has 6 nitrogen and oxygen atoms in total. The fraction of sp³-hybridized carbons (Fsp3) is 0.462. The van der Waals surface area contributed by atoms with Crippen LogP contribution in [0.15, 0.2) is 30.3 Å². The molecule has 112 valence electrons. The number of carboxylic acid groups (broad SMARTS) is 1. The van der Waals surface area contributed by atoms with Crippen molar-refractivity contribution < 1.29 is 18.3 Å². The standard InChI is InChI=1S/C13H20N2O4S/c1-20(18,19)15-9-5-8-14-10-12(13(16)17)11-6-3-2-4-7-11/h2-4,6-7,12,14-15H,5,8-10H2,1H3,(H,16,17). The monoisotopic (exact) mass is 300 g/mol. The van der Waals surface area contributed by atoms with Crippen LogP contribution in [0.4, 0.5) is 0 Å². The van der Waals surface area contributed by atoms with E-state index in [0.29, 0.717) is 26.1 Å². The summed E-state index contributed by atoms with van der Waals surface area (Å²) in [6.45, 7) is 1.21. The van der Waals surface area contributed by atoms with Crippen molar-refractivity contribution >= 4 is 16.0 Å². The minimum Gasteiger partial charge on any atom is -0.481 e. The number of carboxylic acids is 1. The van der Waals surface area contributed by atoms with Gasteiger partial charge in [-0.2, -0.15) is 0 Å². The highest BCUT2D eigenvalue weighted by molar-refractivity contribution is 7.88. The Balaban J connectivity index is 2.33. The third-order valence-electron chi connectivity index (χ3n) is 2.74. The van der Waals surface area contributed by atoms with E-state index in [-0.39, 0.29) is 0 Å². The van der Waals surface area contributed by atoms with Crippen LogP contribution < -0.4 is 10.0 Å². The lowest BCUT2D eigenvalue weighted by molar-refractivity contribution is -0.138. The summed E-state index contributed by atoms with van der Waals surface area (Å²) in [7, 11) is -3.16. The number of carbonyl (C=O) groups is 1. The van der Waals surface area contributed by atoms with Gasteiger partial charge < -0.3 is 10.4 Å². The summed E-state index contributed by atoms with van der Waals surface area (Å²) in [5.41, 5.74) is 0.752. The molecule has 0 aliphatic carbocycles. The molecular formula is C13H20N2O4S. The second-order valence-electron chi connectivity index (χ2n) is 4.53. The molecule has 0 radical (unpaired) electrons. The maximum Gasteiger partial charge on any atom is 0.312 e. The van der Waals surface area contributed by atoms with Crippen molar-refractivity contribution in [2.24, 2.45) is 0 Å². The zero-order valence-electron chi connectivity index (χ0n) is 11.4. The highest BCUT2D eigenvalue weighted by Crippen LogP contribution is 2.14. The second-order valence-corrected chi connectivity index (χ2v) is 6.36. The Bertz CT molecular complexity index is 516. The van der Waals surface area contributed by atoms with Crippen molar-refractivity contribution in [3.05, 3.63) is 35.9 Å². The molecule has 0 spiro atoms. The Morgan fingerprint density at radius 3 is 2.45 bits per heavy atom. The van der Waals surface area contributed by atoms with E-state index in [1.54, 1.807) is 24.3 Å². The molecule has 1 aromatic carbocycles. The third kappa shape index (κ3) is 6.65. The number of hydrogen-bond donors (Lipinski definition) is 3.